The second-order valence-electron chi connectivity index (χ2n) is 7.08. The van der Waals surface area contributed by atoms with E-state index in [1.54, 1.807) is 6.07 Å². The lowest BCUT2D eigenvalue weighted by molar-refractivity contribution is -0.387. The number of hydrogen-bond donors (Lipinski definition) is 0. The van der Waals surface area contributed by atoms with Gasteiger partial charge in [-0.25, -0.2) is 0 Å². The molecule has 4 heteroatoms. The van der Waals surface area contributed by atoms with Crippen molar-refractivity contribution in [3.05, 3.63) is 63.2 Å². The van der Waals surface area contributed by atoms with Gasteiger partial charge in [-0.1, -0.05) is 44.7 Å². The molecule has 120 valence electrons. The molecule has 2 aromatic carbocycles. The topological polar surface area (TPSA) is 43.1 Å². The number of aryl methyl sites for hydroxylation is 2. The maximum Gasteiger partial charge on any atom is 0.283 e. The molecule has 0 bridgehead atoms. The molecular weight excluding hydrogens is 306 g/mol. The molecule has 3 nitrogen and oxygen atoms in total. The lowest BCUT2D eigenvalue weighted by Crippen LogP contribution is -2.10. The van der Waals surface area contributed by atoms with Crippen molar-refractivity contribution in [3.8, 4) is 0 Å². The zero-order valence-corrected chi connectivity index (χ0v) is 14.6. The molecule has 0 amide bonds. The summed E-state index contributed by atoms with van der Waals surface area (Å²) < 4.78 is 0. The average Bonchev–Trinajstić information content (AvgIpc) is 2.93. The second-order valence-corrected chi connectivity index (χ2v) is 8.19. The maximum atomic E-state index is 11.4. The van der Waals surface area contributed by atoms with Crippen molar-refractivity contribution in [2.75, 3.05) is 0 Å². The monoisotopic (exact) mass is 327 g/mol. The summed E-state index contributed by atoms with van der Waals surface area (Å²) in [6.45, 7) is 6.54. The van der Waals surface area contributed by atoms with Gasteiger partial charge in [-0.3, -0.25) is 10.1 Å². The van der Waals surface area contributed by atoms with Crippen LogP contribution >= 0.6 is 11.8 Å². The number of fused-ring (bicyclic) bond motifs is 1. The first-order chi connectivity index (χ1) is 10.8. The third-order valence-corrected chi connectivity index (χ3v) is 5.37. The maximum absolute atomic E-state index is 11.4. The van der Waals surface area contributed by atoms with Gasteiger partial charge in [0.05, 0.1) is 9.82 Å². The molecule has 2 aromatic rings. The number of rotatable bonds is 3. The van der Waals surface area contributed by atoms with Crippen LogP contribution in [0.25, 0.3) is 0 Å². The van der Waals surface area contributed by atoms with Gasteiger partial charge in [0, 0.05) is 11.0 Å². The highest BCUT2D eigenvalue weighted by molar-refractivity contribution is 7.99. The van der Waals surface area contributed by atoms with Gasteiger partial charge < -0.3 is 0 Å². The van der Waals surface area contributed by atoms with Crippen LogP contribution in [-0.4, -0.2) is 4.92 Å². The molecule has 0 radical (unpaired) electrons. The van der Waals surface area contributed by atoms with Crippen LogP contribution in [0.3, 0.4) is 0 Å². The van der Waals surface area contributed by atoms with E-state index >= 15 is 0 Å². The molecule has 0 unspecified atom stereocenters. The summed E-state index contributed by atoms with van der Waals surface area (Å²) in [5.41, 5.74) is 4.03. The normalized spacial score (nSPS) is 13.9. The average molecular weight is 327 g/mol. The van der Waals surface area contributed by atoms with Gasteiger partial charge in [0.25, 0.3) is 5.69 Å². The summed E-state index contributed by atoms with van der Waals surface area (Å²) in [7, 11) is 0. The first-order valence-electron chi connectivity index (χ1n) is 7.93. The van der Waals surface area contributed by atoms with Crippen LogP contribution in [0.1, 0.15) is 43.9 Å². The Morgan fingerprint density at radius 1 is 1.04 bits per heavy atom. The Bertz CT molecular complexity index is 745. The molecule has 3 rings (SSSR count). The minimum Gasteiger partial charge on any atom is -0.258 e. The van der Waals surface area contributed by atoms with Crippen LogP contribution in [0.4, 0.5) is 5.69 Å². The molecule has 0 N–H and O–H groups in total. The fraction of sp³-hybridized carbons (Fsp3) is 0.368. The van der Waals surface area contributed by atoms with Gasteiger partial charge in [-0.15, -0.1) is 0 Å². The molecule has 0 atom stereocenters. The first kappa shape index (κ1) is 16.1. The molecule has 0 spiro atoms. The summed E-state index contributed by atoms with van der Waals surface area (Å²) in [5, 5.41) is 11.4. The lowest BCUT2D eigenvalue weighted by Gasteiger charge is -2.19. The summed E-state index contributed by atoms with van der Waals surface area (Å²) in [6, 6.07) is 12.1. The van der Waals surface area contributed by atoms with Crippen LogP contribution in [0, 0.1) is 10.1 Å². The quantitative estimate of drug-likeness (QED) is 0.549. The summed E-state index contributed by atoms with van der Waals surface area (Å²) in [6.07, 6.45) is 3.09. The number of nitro benzene ring substituents is 1. The van der Waals surface area contributed by atoms with Crippen molar-refractivity contribution in [1.82, 2.24) is 0 Å². The van der Waals surface area contributed by atoms with E-state index < -0.39 is 0 Å². The minimum atomic E-state index is -0.259. The Balaban J connectivity index is 1.92. The van der Waals surface area contributed by atoms with Crippen LogP contribution in [0.2, 0.25) is 0 Å². The van der Waals surface area contributed by atoms with Crippen molar-refractivity contribution >= 4 is 17.4 Å². The number of hydrogen-bond acceptors (Lipinski definition) is 3. The summed E-state index contributed by atoms with van der Waals surface area (Å²) in [5.74, 6) is 0. The number of nitrogens with zero attached hydrogens (tertiary/aromatic N) is 1. The second kappa shape index (κ2) is 6.00. The van der Waals surface area contributed by atoms with Crippen molar-refractivity contribution < 1.29 is 4.92 Å². The van der Waals surface area contributed by atoms with E-state index in [2.05, 4.69) is 45.0 Å². The third-order valence-electron chi connectivity index (χ3n) is 4.32. The predicted octanol–water partition coefficient (Wildman–Crippen LogP) is 5.53. The van der Waals surface area contributed by atoms with E-state index in [-0.39, 0.29) is 16.0 Å². The standard InChI is InChI=1S/C19H21NO2S/c1-19(2,3)15-7-9-16(10-8-15)23-18-12-14-6-4-5-13(14)11-17(18)20(21)22/h7-12H,4-6H2,1-3H3. The van der Waals surface area contributed by atoms with Gasteiger partial charge in [-0.05, 0) is 59.6 Å². The zero-order chi connectivity index (χ0) is 16.6. The zero-order valence-electron chi connectivity index (χ0n) is 13.8. The van der Waals surface area contributed by atoms with Crippen molar-refractivity contribution in [2.24, 2.45) is 0 Å². The van der Waals surface area contributed by atoms with Crippen molar-refractivity contribution in [2.45, 2.75) is 55.2 Å². The Morgan fingerprint density at radius 2 is 1.65 bits per heavy atom. The predicted molar refractivity (Wildman–Crippen MR) is 94.4 cm³/mol. The Labute approximate surface area is 141 Å². The fourth-order valence-corrected chi connectivity index (χ4v) is 3.93. The van der Waals surface area contributed by atoms with E-state index in [4.69, 9.17) is 0 Å². The summed E-state index contributed by atoms with van der Waals surface area (Å²) >= 11 is 1.49. The molecule has 23 heavy (non-hydrogen) atoms. The van der Waals surface area contributed by atoms with Crippen LogP contribution in [0.5, 0.6) is 0 Å². The van der Waals surface area contributed by atoms with Crippen molar-refractivity contribution in [3.63, 3.8) is 0 Å². The van der Waals surface area contributed by atoms with Crippen LogP contribution in [-0.2, 0) is 18.3 Å². The van der Waals surface area contributed by atoms with Crippen molar-refractivity contribution in [1.29, 1.82) is 0 Å². The summed E-state index contributed by atoms with van der Waals surface area (Å²) in [4.78, 5) is 12.9. The molecule has 0 saturated heterocycles. The highest BCUT2D eigenvalue weighted by atomic mass is 32.2. The van der Waals surface area contributed by atoms with Gasteiger partial charge >= 0.3 is 0 Å². The highest BCUT2D eigenvalue weighted by Crippen LogP contribution is 2.39. The largest absolute Gasteiger partial charge is 0.283 e. The van der Waals surface area contributed by atoms with Crippen LogP contribution < -0.4 is 0 Å². The van der Waals surface area contributed by atoms with Gasteiger partial charge in [0.2, 0.25) is 0 Å². The Hall–Kier alpha value is -1.81. The molecule has 0 heterocycles. The van der Waals surface area contributed by atoms with E-state index in [0.717, 1.165) is 34.6 Å². The molecular formula is C19H21NO2S. The SMILES string of the molecule is CC(C)(C)c1ccc(Sc2cc3c(cc2[N+](=O)[O-])CCC3)cc1. The van der Waals surface area contributed by atoms with Gasteiger partial charge in [0.15, 0.2) is 0 Å². The van der Waals surface area contributed by atoms with E-state index in [1.165, 1.54) is 22.9 Å². The molecule has 0 saturated carbocycles. The Morgan fingerprint density at radius 3 is 2.22 bits per heavy atom. The minimum absolute atomic E-state index is 0.114. The lowest BCUT2D eigenvalue weighted by atomic mass is 9.87. The molecule has 0 fully saturated rings. The number of benzene rings is 2. The van der Waals surface area contributed by atoms with E-state index in [0.29, 0.717) is 0 Å². The molecule has 1 aliphatic rings. The first-order valence-corrected chi connectivity index (χ1v) is 8.75. The fourth-order valence-electron chi connectivity index (χ4n) is 2.96. The van der Waals surface area contributed by atoms with Gasteiger partial charge in [-0.2, -0.15) is 0 Å². The smallest absolute Gasteiger partial charge is 0.258 e. The van der Waals surface area contributed by atoms with Crippen LogP contribution in [0.15, 0.2) is 46.2 Å². The third kappa shape index (κ3) is 3.42. The number of nitro groups is 1. The molecule has 0 aromatic heterocycles. The van der Waals surface area contributed by atoms with E-state index in [1.807, 2.05) is 6.07 Å². The molecule has 1 aliphatic carbocycles. The van der Waals surface area contributed by atoms with E-state index in [9.17, 15) is 10.1 Å². The highest BCUT2D eigenvalue weighted by Gasteiger charge is 2.22. The molecule has 0 aliphatic heterocycles. The Kier molecular flexibility index (Phi) is 4.19. The van der Waals surface area contributed by atoms with Gasteiger partial charge in [0.1, 0.15) is 0 Å².